The predicted molar refractivity (Wildman–Crippen MR) is 73.5 cm³/mol. The highest BCUT2D eigenvalue weighted by molar-refractivity contribution is 7.89. The van der Waals surface area contributed by atoms with Crippen molar-refractivity contribution in [3.8, 4) is 0 Å². The lowest BCUT2D eigenvalue weighted by molar-refractivity contribution is -0.139. The largest absolute Gasteiger partial charge is 0.417 e. The Bertz CT molecular complexity index is 727. The molecule has 0 bridgehead atoms. The number of hydrogen-bond donors (Lipinski definition) is 1. The fraction of sp³-hybridized carbons (Fsp3) is 0.308. The molecule has 2 aromatic rings. The van der Waals surface area contributed by atoms with Gasteiger partial charge in [-0.2, -0.15) is 18.3 Å². The van der Waals surface area contributed by atoms with E-state index in [-0.39, 0.29) is 6.54 Å². The van der Waals surface area contributed by atoms with Crippen molar-refractivity contribution in [3.63, 3.8) is 0 Å². The SMILES string of the molecule is C[C@@H](Cn1cccn1)NS(=O)(=O)c1ccccc1C(F)(F)F. The molecule has 0 unspecified atom stereocenters. The van der Waals surface area contributed by atoms with Crippen LogP contribution in [-0.2, 0) is 22.7 Å². The van der Waals surface area contributed by atoms with Gasteiger partial charge in [0.1, 0.15) is 0 Å². The van der Waals surface area contributed by atoms with Crippen LogP contribution in [0.25, 0.3) is 0 Å². The summed E-state index contributed by atoms with van der Waals surface area (Å²) in [6.45, 7) is 1.76. The predicted octanol–water partition coefficient (Wildman–Crippen LogP) is 2.27. The quantitative estimate of drug-likeness (QED) is 0.913. The second kappa shape index (κ2) is 6.09. The molecule has 22 heavy (non-hydrogen) atoms. The fourth-order valence-corrected chi connectivity index (χ4v) is 3.45. The van der Waals surface area contributed by atoms with Crippen LogP contribution >= 0.6 is 0 Å². The molecule has 1 heterocycles. The van der Waals surface area contributed by atoms with E-state index in [2.05, 4.69) is 9.82 Å². The van der Waals surface area contributed by atoms with Crippen LogP contribution in [0.4, 0.5) is 13.2 Å². The van der Waals surface area contributed by atoms with E-state index >= 15 is 0 Å². The highest BCUT2D eigenvalue weighted by atomic mass is 32.2. The number of halogens is 3. The van der Waals surface area contributed by atoms with Crippen LogP contribution in [0, 0.1) is 0 Å². The standard InChI is InChI=1S/C13H14F3N3O2S/c1-10(9-19-8-4-7-17-19)18-22(20,21)12-6-3-2-5-11(12)13(14,15)16/h2-8,10,18H,9H2,1H3/t10-/m0/s1. The number of benzene rings is 1. The first kappa shape index (κ1) is 16.5. The third kappa shape index (κ3) is 3.86. The van der Waals surface area contributed by atoms with Crippen molar-refractivity contribution in [1.82, 2.24) is 14.5 Å². The molecule has 2 rings (SSSR count). The summed E-state index contributed by atoms with van der Waals surface area (Å²) in [4.78, 5) is -0.783. The summed E-state index contributed by atoms with van der Waals surface area (Å²) in [5, 5.41) is 3.92. The maximum Gasteiger partial charge on any atom is 0.417 e. The van der Waals surface area contributed by atoms with Crippen LogP contribution in [-0.4, -0.2) is 24.2 Å². The average molecular weight is 333 g/mol. The molecule has 0 spiro atoms. The van der Waals surface area contributed by atoms with Crippen LogP contribution in [0.5, 0.6) is 0 Å². The lowest BCUT2D eigenvalue weighted by Gasteiger charge is -2.17. The number of aromatic nitrogens is 2. The Morgan fingerprint density at radius 1 is 1.27 bits per heavy atom. The molecule has 5 nitrogen and oxygen atoms in total. The maximum absolute atomic E-state index is 12.9. The third-order valence-electron chi connectivity index (χ3n) is 2.86. The Hall–Kier alpha value is -1.87. The minimum absolute atomic E-state index is 0.209. The van der Waals surface area contributed by atoms with Crippen molar-refractivity contribution in [2.75, 3.05) is 0 Å². The monoisotopic (exact) mass is 333 g/mol. The number of nitrogens with zero attached hydrogens (tertiary/aromatic N) is 2. The molecule has 120 valence electrons. The van der Waals surface area contributed by atoms with Gasteiger partial charge in [0, 0.05) is 18.4 Å². The summed E-state index contributed by atoms with van der Waals surface area (Å²) in [7, 11) is -4.29. The molecule has 0 aliphatic heterocycles. The zero-order valence-corrected chi connectivity index (χ0v) is 12.4. The van der Waals surface area contributed by atoms with Gasteiger partial charge in [-0.05, 0) is 25.1 Å². The lowest BCUT2D eigenvalue weighted by Crippen LogP contribution is -2.36. The first-order valence-electron chi connectivity index (χ1n) is 6.36. The summed E-state index contributed by atoms with van der Waals surface area (Å²) < 4.78 is 66.9. The van der Waals surface area contributed by atoms with E-state index in [0.717, 1.165) is 18.2 Å². The fourth-order valence-electron chi connectivity index (χ4n) is 1.99. The summed E-state index contributed by atoms with van der Waals surface area (Å²) in [5.41, 5.74) is -1.19. The van der Waals surface area contributed by atoms with Gasteiger partial charge in [-0.25, -0.2) is 13.1 Å². The number of hydrogen-bond acceptors (Lipinski definition) is 3. The van der Waals surface area contributed by atoms with E-state index < -0.39 is 32.7 Å². The van der Waals surface area contributed by atoms with Crippen molar-refractivity contribution in [3.05, 3.63) is 48.3 Å². The smallest absolute Gasteiger partial charge is 0.271 e. The normalized spacial score (nSPS) is 14.0. The topological polar surface area (TPSA) is 64.0 Å². The summed E-state index contributed by atoms with van der Waals surface area (Å²) in [6, 6.07) is 5.13. The second-order valence-corrected chi connectivity index (χ2v) is 6.43. The maximum atomic E-state index is 12.9. The average Bonchev–Trinajstić information content (AvgIpc) is 2.89. The Labute approximate surface area is 125 Å². The zero-order valence-electron chi connectivity index (χ0n) is 11.6. The van der Waals surface area contributed by atoms with Gasteiger partial charge in [-0.15, -0.1) is 0 Å². The van der Waals surface area contributed by atoms with E-state index in [1.54, 1.807) is 19.2 Å². The van der Waals surface area contributed by atoms with Gasteiger partial charge in [-0.1, -0.05) is 12.1 Å². The molecule has 0 saturated heterocycles. The molecule has 1 N–H and O–H groups in total. The van der Waals surface area contributed by atoms with Crippen LogP contribution in [0.3, 0.4) is 0 Å². The summed E-state index contributed by atoms with van der Waals surface area (Å²) >= 11 is 0. The van der Waals surface area contributed by atoms with Gasteiger partial charge in [-0.3, -0.25) is 4.68 Å². The number of sulfonamides is 1. The molecule has 9 heteroatoms. The molecule has 0 amide bonds. The number of alkyl halides is 3. The van der Waals surface area contributed by atoms with Crippen molar-refractivity contribution in [2.24, 2.45) is 0 Å². The van der Waals surface area contributed by atoms with E-state index in [1.165, 1.54) is 16.9 Å². The van der Waals surface area contributed by atoms with E-state index in [0.29, 0.717) is 0 Å². The molecule has 1 aromatic heterocycles. The Balaban J connectivity index is 2.24. The van der Waals surface area contributed by atoms with Crippen LogP contribution in [0.2, 0.25) is 0 Å². The number of rotatable bonds is 5. The van der Waals surface area contributed by atoms with E-state index in [9.17, 15) is 21.6 Å². The van der Waals surface area contributed by atoms with Crippen LogP contribution in [0.1, 0.15) is 12.5 Å². The Morgan fingerprint density at radius 3 is 2.55 bits per heavy atom. The van der Waals surface area contributed by atoms with Gasteiger partial charge >= 0.3 is 6.18 Å². The van der Waals surface area contributed by atoms with Gasteiger partial charge in [0.15, 0.2) is 0 Å². The summed E-state index contributed by atoms with van der Waals surface area (Å²) in [6.07, 6.45) is -1.58. The van der Waals surface area contributed by atoms with Crippen molar-refractivity contribution in [1.29, 1.82) is 0 Å². The highest BCUT2D eigenvalue weighted by Gasteiger charge is 2.37. The molecule has 0 aliphatic rings. The van der Waals surface area contributed by atoms with E-state index in [4.69, 9.17) is 0 Å². The van der Waals surface area contributed by atoms with Crippen LogP contribution < -0.4 is 4.72 Å². The lowest BCUT2D eigenvalue weighted by atomic mass is 10.2. The van der Waals surface area contributed by atoms with Crippen molar-refractivity contribution < 1.29 is 21.6 Å². The zero-order chi connectivity index (χ0) is 16.4. The van der Waals surface area contributed by atoms with Gasteiger partial charge in [0.2, 0.25) is 10.0 Å². The molecule has 0 saturated carbocycles. The highest BCUT2D eigenvalue weighted by Crippen LogP contribution is 2.33. The first-order chi connectivity index (χ1) is 10.2. The van der Waals surface area contributed by atoms with Crippen LogP contribution in [0.15, 0.2) is 47.6 Å². The molecule has 1 atom stereocenters. The molecular weight excluding hydrogens is 319 g/mol. The molecule has 0 aliphatic carbocycles. The molecule has 0 fully saturated rings. The minimum Gasteiger partial charge on any atom is -0.271 e. The van der Waals surface area contributed by atoms with Gasteiger partial charge < -0.3 is 0 Å². The molecular formula is C13H14F3N3O2S. The molecule has 1 aromatic carbocycles. The second-order valence-electron chi connectivity index (χ2n) is 4.74. The Morgan fingerprint density at radius 2 is 1.95 bits per heavy atom. The van der Waals surface area contributed by atoms with Gasteiger partial charge in [0.25, 0.3) is 0 Å². The third-order valence-corrected chi connectivity index (χ3v) is 4.51. The van der Waals surface area contributed by atoms with Crippen molar-refractivity contribution >= 4 is 10.0 Å². The first-order valence-corrected chi connectivity index (χ1v) is 7.84. The summed E-state index contributed by atoms with van der Waals surface area (Å²) in [5.74, 6) is 0. The minimum atomic E-state index is -4.74. The molecule has 0 radical (unpaired) electrons. The van der Waals surface area contributed by atoms with Gasteiger partial charge in [0.05, 0.1) is 17.0 Å². The Kier molecular flexibility index (Phi) is 4.57. The van der Waals surface area contributed by atoms with E-state index in [1.807, 2.05) is 0 Å². The number of nitrogens with one attached hydrogen (secondary N) is 1. The van der Waals surface area contributed by atoms with Crippen molar-refractivity contribution in [2.45, 2.75) is 30.6 Å².